The van der Waals surface area contributed by atoms with Crippen molar-refractivity contribution >= 4 is 67.0 Å². The highest BCUT2D eigenvalue weighted by Gasteiger charge is 2.30. The van der Waals surface area contributed by atoms with E-state index in [1.807, 2.05) is 29.6 Å². The lowest BCUT2D eigenvalue weighted by molar-refractivity contribution is 0.597. The van der Waals surface area contributed by atoms with Crippen molar-refractivity contribution in [1.82, 2.24) is 14.6 Å². The van der Waals surface area contributed by atoms with Crippen molar-refractivity contribution in [3.8, 4) is 0 Å². The van der Waals surface area contributed by atoms with Crippen molar-refractivity contribution in [2.24, 2.45) is 5.10 Å². The van der Waals surface area contributed by atoms with Gasteiger partial charge in [-0.3, -0.25) is 0 Å². The number of aromatic nitrogens is 3. The lowest BCUT2D eigenvalue weighted by Crippen LogP contribution is -2.06. The largest absolute Gasteiger partial charge is 0.382 e. The van der Waals surface area contributed by atoms with Crippen LogP contribution in [0.2, 0.25) is 5.02 Å². The SMILES string of the molecule is Nc1c(S(=O)(=O)c2cccc(Cl)c2)c2nc3ccccc3nc2n1/N=C\c1cccs1. The van der Waals surface area contributed by atoms with Crippen LogP contribution >= 0.6 is 22.9 Å². The van der Waals surface area contributed by atoms with Crippen molar-refractivity contribution in [3.63, 3.8) is 0 Å². The third-order valence-electron chi connectivity index (χ3n) is 4.65. The van der Waals surface area contributed by atoms with Crippen molar-refractivity contribution in [2.75, 3.05) is 5.73 Å². The van der Waals surface area contributed by atoms with Gasteiger partial charge in [0.1, 0.15) is 16.2 Å². The van der Waals surface area contributed by atoms with E-state index in [0.29, 0.717) is 16.1 Å². The molecule has 5 rings (SSSR count). The summed E-state index contributed by atoms with van der Waals surface area (Å²) in [6.45, 7) is 0. The Morgan fingerprint density at radius 3 is 2.52 bits per heavy atom. The lowest BCUT2D eigenvalue weighted by Gasteiger charge is -2.05. The molecule has 0 fully saturated rings. The number of para-hydroxylation sites is 2. The zero-order valence-corrected chi connectivity index (χ0v) is 18.2. The maximum Gasteiger partial charge on any atom is 0.212 e. The van der Waals surface area contributed by atoms with E-state index in [4.69, 9.17) is 17.3 Å². The van der Waals surface area contributed by atoms with Gasteiger partial charge in [-0.1, -0.05) is 35.9 Å². The van der Waals surface area contributed by atoms with Crippen LogP contribution in [0.25, 0.3) is 22.2 Å². The van der Waals surface area contributed by atoms with Crippen molar-refractivity contribution in [1.29, 1.82) is 0 Å². The van der Waals surface area contributed by atoms with E-state index >= 15 is 0 Å². The van der Waals surface area contributed by atoms with Gasteiger partial charge in [-0.2, -0.15) is 9.78 Å². The molecule has 2 N–H and O–H groups in total. The summed E-state index contributed by atoms with van der Waals surface area (Å²) in [5.74, 6) is -0.0712. The van der Waals surface area contributed by atoms with Crippen LogP contribution in [0.15, 0.2) is 80.9 Å². The van der Waals surface area contributed by atoms with Gasteiger partial charge >= 0.3 is 0 Å². The molecule has 0 spiro atoms. The van der Waals surface area contributed by atoms with Crippen molar-refractivity contribution in [2.45, 2.75) is 9.79 Å². The summed E-state index contributed by atoms with van der Waals surface area (Å²) in [5.41, 5.74) is 7.90. The molecule has 31 heavy (non-hydrogen) atoms. The third-order valence-corrected chi connectivity index (χ3v) is 7.50. The number of fused-ring (bicyclic) bond motifs is 2. The van der Waals surface area contributed by atoms with Crippen LogP contribution < -0.4 is 5.73 Å². The molecule has 154 valence electrons. The predicted molar refractivity (Wildman–Crippen MR) is 124 cm³/mol. The van der Waals surface area contributed by atoms with Crippen LogP contribution in [0, 0.1) is 0 Å². The van der Waals surface area contributed by atoms with Crippen LogP contribution in [-0.4, -0.2) is 29.3 Å². The molecular weight excluding hydrogens is 454 g/mol. The maximum atomic E-state index is 13.5. The van der Waals surface area contributed by atoms with Gasteiger partial charge in [0.15, 0.2) is 5.65 Å². The van der Waals surface area contributed by atoms with Crippen LogP contribution in [-0.2, 0) is 9.84 Å². The molecule has 0 atom stereocenters. The average Bonchev–Trinajstić information content (AvgIpc) is 3.36. The summed E-state index contributed by atoms with van der Waals surface area (Å²) >= 11 is 7.53. The highest BCUT2D eigenvalue weighted by molar-refractivity contribution is 7.92. The highest BCUT2D eigenvalue weighted by atomic mass is 35.5. The van der Waals surface area contributed by atoms with Gasteiger partial charge in [-0.05, 0) is 41.8 Å². The zero-order chi connectivity index (χ0) is 21.6. The monoisotopic (exact) mass is 467 g/mol. The van der Waals surface area contributed by atoms with Crippen LogP contribution in [0.5, 0.6) is 0 Å². The van der Waals surface area contributed by atoms with E-state index in [-0.39, 0.29) is 26.8 Å². The Labute approximate surface area is 186 Å². The minimum atomic E-state index is -4.04. The van der Waals surface area contributed by atoms with E-state index in [9.17, 15) is 8.42 Å². The summed E-state index contributed by atoms with van der Waals surface area (Å²) in [7, 11) is -4.04. The molecule has 3 aromatic heterocycles. The Balaban J connectivity index is 1.83. The Morgan fingerprint density at radius 1 is 1.03 bits per heavy atom. The molecule has 5 aromatic rings. The number of benzene rings is 2. The molecule has 0 radical (unpaired) electrons. The smallest absolute Gasteiger partial charge is 0.212 e. The van der Waals surface area contributed by atoms with Gasteiger partial charge in [0.05, 0.1) is 22.1 Å². The topological polar surface area (TPSA) is 103 Å². The van der Waals surface area contributed by atoms with Gasteiger partial charge in [-0.15, -0.1) is 11.3 Å². The molecule has 0 aliphatic rings. The predicted octanol–water partition coefficient (Wildman–Crippen LogP) is 4.60. The molecule has 10 heteroatoms. The fourth-order valence-corrected chi connectivity index (χ4v) is 5.60. The van der Waals surface area contributed by atoms with E-state index < -0.39 is 9.84 Å². The number of hydrogen-bond donors (Lipinski definition) is 1. The molecule has 0 aliphatic carbocycles. The maximum absolute atomic E-state index is 13.5. The third kappa shape index (κ3) is 3.36. The first-order chi connectivity index (χ1) is 14.9. The number of nitrogen functional groups attached to an aromatic ring is 1. The lowest BCUT2D eigenvalue weighted by atomic mass is 10.3. The number of hydrogen-bond acceptors (Lipinski definition) is 7. The Morgan fingerprint density at radius 2 is 1.81 bits per heavy atom. The van der Waals surface area contributed by atoms with Gasteiger partial charge in [-0.25, -0.2) is 18.4 Å². The van der Waals surface area contributed by atoms with E-state index in [0.717, 1.165) is 4.88 Å². The fraction of sp³-hybridized carbons (Fsp3) is 0. The molecular formula is C21H14ClN5O2S2. The Hall–Kier alpha value is -3.27. The van der Waals surface area contributed by atoms with Gasteiger partial charge in [0.2, 0.25) is 9.84 Å². The van der Waals surface area contributed by atoms with Gasteiger partial charge in [0.25, 0.3) is 0 Å². The second kappa shape index (κ2) is 7.45. The molecule has 3 heterocycles. The summed E-state index contributed by atoms with van der Waals surface area (Å²) in [6.07, 6.45) is 1.60. The molecule has 7 nitrogen and oxygen atoms in total. The number of thiophene rings is 1. The summed E-state index contributed by atoms with van der Waals surface area (Å²) in [5, 5.41) is 6.63. The molecule has 0 aliphatic heterocycles. The summed E-state index contributed by atoms with van der Waals surface area (Å²) in [6, 6.07) is 17.0. The van der Waals surface area contributed by atoms with E-state index in [1.54, 1.807) is 30.5 Å². The molecule has 0 bridgehead atoms. The summed E-state index contributed by atoms with van der Waals surface area (Å²) in [4.78, 5) is 9.93. The second-order valence-electron chi connectivity index (χ2n) is 6.63. The zero-order valence-electron chi connectivity index (χ0n) is 15.8. The number of anilines is 1. The van der Waals surface area contributed by atoms with E-state index in [2.05, 4.69) is 15.1 Å². The summed E-state index contributed by atoms with van der Waals surface area (Å²) < 4.78 is 28.4. The Bertz CT molecular complexity index is 1570. The first-order valence-corrected chi connectivity index (χ1v) is 11.8. The van der Waals surface area contributed by atoms with Gasteiger partial charge < -0.3 is 5.73 Å². The molecule has 0 saturated heterocycles. The van der Waals surface area contributed by atoms with E-state index in [1.165, 1.54) is 28.1 Å². The fourth-order valence-electron chi connectivity index (χ4n) is 3.24. The normalized spacial score (nSPS) is 12.3. The highest BCUT2D eigenvalue weighted by Crippen LogP contribution is 2.35. The number of nitrogens with two attached hydrogens (primary N) is 1. The second-order valence-corrected chi connectivity index (χ2v) is 9.93. The minimum Gasteiger partial charge on any atom is -0.382 e. The minimum absolute atomic E-state index is 0.0166. The van der Waals surface area contributed by atoms with Crippen LogP contribution in [0.1, 0.15) is 4.88 Å². The van der Waals surface area contributed by atoms with Crippen LogP contribution in [0.3, 0.4) is 0 Å². The van der Waals surface area contributed by atoms with Crippen molar-refractivity contribution in [3.05, 3.63) is 75.9 Å². The number of nitrogens with zero attached hydrogens (tertiary/aromatic N) is 4. The number of rotatable bonds is 4. The molecule has 0 saturated carbocycles. The van der Waals surface area contributed by atoms with Gasteiger partial charge in [0, 0.05) is 9.90 Å². The first kappa shape index (κ1) is 19.7. The molecule has 2 aromatic carbocycles. The first-order valence-electron chi connectivity index (χ1n) is 9.10. The number of halogens is 1. The number of sulfone groups is 1. The Kier molecular flexibility index (Phi) is 4.73. The van der Waals surface area contributed by atoms with Crippen LogP contribution in [0.4, 0.5) is 5.82 Å². The molecule has 0 amide bonds. The molecule has 0 unspecified atom stereocenters. The average molecular weight is 468 g/mol. The quantitative estimate of drug-likeness (QED) is 0.389. The standard InChI is InChI=1S/C21H14ClN5O2S2/c22-13-5-3-7-15(11-13)31(28,29)19-18-21(26-17-9-2-1-8-16(17)25-18)27(20(19)23)24-12-14-6-4-10-30-14/h1-12H,23H2/b24-12-. The van der Waals surface area contributed by atoms with Crippen molar-refractivity contribution < 1.29 is 8.42 Å².